The molecule has 0 amide bonds. The monoisotopic (exact) mass is 583 g/mol. The van der Waals surface area contributed by atoms with Crippen molar-refractivity contribution >= 4 is 38.5 Å². The van der Waals surface area contributed by atoms with Crippen LogP contribution in [0.2, 0.25) is 12.6 Å². The van der Waals surface area contributed by atoms with Gasteiger partial charge in [-0.05, 0) is 52.8 Å². The molecule has 0 fully saturated rings. The Kier molecular flexibility index (Phi) is 21.7. The van der Waals surface area contributed by atoms with Crippen molar-refractivity contribution in [2.24, 2.45) is 20.0 Å². The van der Waals surface area contributed by atoms with Crippen LogP contribution in [0.1, 0.15) is 13.3 Å². The van der Waals surface area contributed by atoms with Crippen LogP contribution in [-0.2, 0) is 14.3 Å². The molecule has 0 spiro atoms. The summed E-state index contributed by atoms with van der Waals surface area (Å²) in [6.45, 7) is 18.3. The van der Waals surface area contributed by atoms with Crippen molar-refractivity contribution in [2.45, 2.75) is 26.0 Å². The number of nitrogens with zero attached hydrogens (tertiary/aromatic N) is 7. The van der Waals surface area contributed by atoms with Gasteiger partial charge in [0, 0.05) is 82.7 Å². The number of hydrogen-bond donors (Lipinski definition) is 2. The van der Waals surface area contributed by atoms with Crippen molar-refractivity contribution in [3.63, 3.8) is 0 Å². The van der Waals surface area contributed by atoms with Crippen LogP contribution in [0.5, 0.6) is 0 Å². The van der Waals surface area contributed by atoms with Crippen molar-refractivity contribution < 1.29 is 14.3 Å². The van der Waals surface area contributed by atoms with E-state index in [-0.39, 0.29) is 18.9 Å². The molecule has 0 unspecified atom stereocenters. The molecule has 232 valence electrons. The van der Waals surface area contributed by atoms with Crippen LogP contribution in [-0.4, -0.2) is 148 Å². The normalized spacial score (nSPS) is 14.4. The Morgan fingerprint density at radius 2 is 1.69 bits per heavy atom. The zero-order valence-electron chi connectivity index (χ0n) is 25.9. The number of esters is 1. The molecular weight excluding hydrogens is 533 g/mol. The van der Waals surface area contributed by atoms with Gasteiger partial charge >= 0.3 is 5.97 Å². The number of carbonyl (C=O) groups excluding carboxylic acids is 1. The van der Waals surface area contributed by atoms with Crippen LogP contribution in [0.3, 0.4) is 0 Å². The first-order valence-electron chi connectivity index (χ1n) is 14.8. The molecule has 1 rings (SSSR count). The maximum Gasteiger partial charge on any atom is 0.341 e. The van der Waals surface area contributed by atoms with Crippen LogP contribution in [0.15, 0.2) is 43.0 Å². The molecule has 1 aliphatic heterocycles. The maximum absolute atomic E-state index is 12.0. The zero-order chi connectivity index (χ0) is 30.8. The summed E-state index contributed by atoms with van der Waals surface area (Å²) >= 11 is 0. The molecule has 0 bridgehead atoms. The lowest BCUT2D eigenvalue weighted by atomic mass is 9.42. The molecule has 42 heavy (non-hydrogen) atoms. The van der Waals surface area contributed by atoms with Crippen molar-refractivity contribution in [1.29, 1.82) is 5.26 Å². The number of nitrogens with one attached hydrogen (secondary N) is 2. The van der Waals surface area contributed by atoms with Gasteiger partial charge < -0.3 is 20.1 Å². The van der Waals surface area contributed by atoms with E-state index < -0.39 is 5.97 Å². The molecule has 0 aliphatic carbocycles. The minimum Gasteiger partial charge on any atom is -0.462 e. The summed E-state index contributed by atoms with van der Waals surface area (Å²) in [5.74, 6) is 1.91. The third-order valence-corrected chi connectivity index (χ3v) is 6.71. The highest BCUT2D eigenvalue weighted by Gasteiger charge is 2.23. The predicted molar refractivity (Wildman–Crippen MR) is 175 cm³/mol. The molecule has 0 aromatic rings. The third-order valence-electron chi connectivity index (χ3n) is 6.71. The van der Waals surface area contributed by atoms with Gasteiger partial charge in [0.05, 0.1) is 38.5 Å². The Balaban J connectivity index is 2.49. The highest BCUT2D eigenvalue weighted by Crippen LogP contribution is 2.25. The van der Waals surface area contributed by atoms with Gasteiger partial charge in [0.25, 0.3) is 6.71 Å². The molecule has 0 atom stereocenters. The summed E-state index contributed by atoms with van der Waals surface area (Å²) < 4.78 is 11.0. The fraction of sp³-hybridized carbons (Fsp3) is 0.655. The Hall–Kier alpha value is -3.02. The predicted octanol–water partition coefficient (Wildman–Crippen LogP) is 1.25. The number of carbonyl (C=O) groups is 1. The van der Waals surface area contributed by atoms with E-state index in [1.165, 1.54) is 12.4 Å². The van der Waals surface area contributed by atoms with E-state index in [2.05, 4.69) is 59.8 Å². The van der Waals surface area contributed by atoms with Gasteiger partial charge in [0.1, 0.15) is 0 Å². The number of nitriles is 1. The Labute approximate surface area is 252 Å². The Morgan fingerprint density at radius 1 is 1.05 bits per heavy atom. The number of likely N-dealkylation sites (N-methyl/N-ethyl adjacent to an activating group) is 2. The summed E-state index contributed by atoms with van der Waals surface area (Å²) in [4.78, 5) is 33.4. The van der Waals surface area contributed by atoms with E-state index in [0.29, 0.717) is 32.6 Å². The average Bonchev–Trinajstić information content (AvgIpc) is 3.00. The summed E-state index contributed by atoms with van der Waals surface area (Å²) in [7, 11) is 3.88. The first-order chi connectivity index (χ1) is 20.5. The minimum absolute atomic E-state index is 0.0318. The fourth-order valence-corrected chi connectivity index (χ4v) is 4.26. The first-order valence-corrected chi connectivity index (χ1v) is 14.8. The standard InChI is InChI=1S/C29H50BN9O3/c1-6-42-29(40)27(22-34-4)24-37-12-16-39(14-10-33-3)18-20-41-19-17-38(13-9-32-2)15-11-36-23-26-21-30(25-31)8-7-28(26)35-5/h22-24,32-33H,4-21H2,1-3H3/b27-22+,36-23?,37-24?. The van der Waals surface area contributed by atoms with Gasteiger partial charge in [-0.1, -0.05) is 6.32 Å². The third kappa shape index (κ3) is 16.4. The quantitative estimate of drug-likeness (QED) is 0.0569. The largest absolute Gasteiger partial charge is 0.462 e. The minimum atomic E-state index is -0.459. The van der Waals surface area contributed by atoms with E-state index in [9.17, 15) is 10.1 Å². The first kappa shape index (κ1) is 37.0. The maximum atomic E-state index is 12.0. The molecule has 13 heteroatoms. The second-order valence-corrected chi connectivity index (χ2v) is 9.76. The van der Waals surface area contributed by atoms with Gasteiger partial charge in [-0.2, -0.15) is 0 Å². The summed E-state index contributed by atoms with van der Waals surface area (Å²) in [5, 5.41) is 15.7. The molecular formula is C29H50BN9O3. The lowest BCUT2D eigenvalue weighted by Gasteiger charge is -2.23. The summed E-state index contributed by atoms with van der Waals surface area (Å²) in [6.07, 6.45) is 7.06. The zero-order valence-corrected chi connectivity index (χ0v) is 25.9. The number of allylic oxidation sites excluding steroid dienone is 2. The molecule has 0 saturated carbocycles. The number of rotatable bonds is 24. The van der Waals surface area contributed by atoms with Crippen LogP contribution in [0, 0.1) is 11.2 Å². The van der Waals surface area contributed by atoms with E-state index >= 15 is 0 Å². The fourth-order valence-electron chi connectivity index (χ4n) is 4.26. The second-order valence-electron chi connectivity index (χ2n) is 9.76. The van der Waals surface area contributed by atoms with Crippen LogP contribution >= 0.6 is 0 Å². The van der Waals surface area contributed by atoms with E-state index in [0.717, 1.165) is 76.4 Å². The van der Waals surface area contributed by atoms with Crippen molar-refractivity contribution in [3.05, 3.63) is 23.0 Å². The molecule has 1 aliphatic rings. The van der Waals surface area contributed by atoms with Gasteiger partial charge in [-0.15, -0.1) is 0 Å². The van der Waals surface area contributed by atoms with Gasteiger partial charge in [0.2, 0.25) is 0 Å². The molecule has 0 aromatic heterocycles. The highest BCUT2D eigenvalue weighted by molar-refractivity contribution is 6.68. The number of hydrogen-bond acceptors (Lipinski definition) is 12. The molecule has 2 N–H and O–H groups in total. The van der Waals surface area contributed by atoms with Gasteiger partial charge in [0.15, 0.2) is 0 Å². The Bertz CT molecular complexity index is 962. The SMILES string of the molecule is C=N/C=C(\C=NCCN(CCNC)CCOCCN(CCN=CC1=C(N=C)CCB(C#N)C1)CCNC)C(=O)OCC. The van der Waals surface area contributed by atoms with Crippen LogP contribution in [0.25, 0.3) is 0 Å². The molecule has 1 heterocycles. The Morgan fingerprint density at radius 3 is 2.24 bits per heavy atom. The summed E-state index contributed by atoms with van der Waals surface area (Å²) in [5.41, 5.74) is 2.28. The van der Waals surface area contributed by atoms with Crippen LogP contribution in [0.4, 0.5) is 0 Å². The smallest absolute Gasteiger partial charge is 0.341 e. The number of aliphatic imine (C=N–C) groups is 4. The summed E-state index contributed by atoms with van der Waals surface area (Å²) in [6, 6.07) is 0. The number of ether oxygens (including phenoxy) is 2. The average molecular weight is 584 g/mol. The van der Waals surface area contributed by atoms with Crippen LogP contribution < -0.4 is 10.6 Å². The van der Waals surface area contributed by atoms with Crippen molar-refractivity contribution in [2.75, 3.05) is 99.4 Å². The van der Waals surface area contributed by atoms with E-state index in [4.69, 9.17) is 9.47 Å². The topological polar surface area (TPSA) is 139 Å². The highest BCUT2D eigenvalue weighted by atomic mass is 16.5. The van der Waals surface area contributed by atoms with Gasteiger partial charge in [-0.25, -0.2) is 10.1 Å². The van der Waals surface area contributed by atoms with Crippen molar-refractivity contribution in [1.82, 2.24) is 20.4 Å². The van der Waals surface area contributed by atoms with E-state index in [1.807, 2.05) is 20.3 Å². The second kappa shape index (κ2) is 24.6. The molecule has 12 nitrogen and oxygen atoms in total. The molecule has 0 radical (unpaired) electrons. The van der Waals surface area contributed by atoms with E-state index in [1.54, 1.807) is 6.92 Å². The molecule has 0 aromatic carbocycles. The molecule has 0 saturated heterocycles. The lowest BCUT2D eigenvalue weighted by molar-refractivity contribution is -0.137. The van der Waals surface area contributed by atoms with Gasteiger partial charge in [-0.3, -0.25) is 29.8 Å². The van der Waals surface area contributed by atoms with Crippen molar-refractivity contribution in [3.8, 4) is 5.97 Å². The lowest BCUT2D eigenvalue weighted by Crippen LogP contribution is -2.37.